The Morgan fingerprint density at radius 3 is 2.50 bits per heavy atom. The lowest BCUT2D eigenvalue weighted by Crippen LogP contribution is -2.63. The maximum atomic E-state index is 12.7. The van der Waals surface area contributed by atoms with E-state index in [-0.39, 0.29) is 17.9 Å². The van der Waals surface area contributed by atoms with Crippen molar-refractivity contribution in [2.24, 2.45) is 11.8 Å². The molecule has 4 atom stereocenters. The Balaban J connectivity index is 1.74. The first-order chi connectivity index (χ1) is 9.58. The van der Waals surface area contributed by atoms with Crippen LogP contribution in [-0.2, 0) is 9.59 Å². The molecule has 0 N–H and O–H groups in total. The van der Waals surface area contributed by atoms with E-state index in [1.165, 1.54) is 6.42 Å². The lowest BCUT2D eigenvalue weighted by atomic mass is 9.78. The molecule has 0 aromatic heterocycles. The summed E-state index contributed by atoms with van der Waals surface area (Å²) in [5.41, 5.74) is 0. The zero-order chi connectivity index (χ0) is 14.3. The molecular weight excluding hydrogens is 252 g/mol. The van der Waals surface area contributed by atoms with Gasteiger partial charge in [-0.2, -0.15) is 0 Å². The molecule has 20 heavy (non-hydrogen) atoms. The van der Waals surface area contributed by atoms with Crippen LogP contribution in [0.4, 0.5) is 0 Å². The highest BCUT2D eigenvalue weighted by molar-refractivity contribution is 5.95. The standard InChI is InChI=1S/C16H26N2O2/c1-11-6-7-13(9-12(11)2)18-10-15(19)17-8-4-3-5-14(17)16(18)20/h11-14H,3-10H2,1-2H3. The molecule has 0 spiro atoms. The molecule has 3 rings (SSSR count). The first-order valence-electron chi connectivity index (χ1n) is 8.18. The zero-order valence-corrected chi connectivity index (χ0v) is 12.7. The molecule has 4 nitrogen and oxygen atoms in total. The molecule has 0 radical (unpaired) electrons. The van der Waals surface area contributed by atoms with E-state index in [0.29, 0.717) is 18.5 Å². The van der Waals surface area contributed by atoms with Gasteiger partial charge < -0.3 is 9.80 Å². The van der Waals surface area contributed by atoms with E-state index in [0.717, 1.165) is 44.6 Å². The number of hydrogen-bond donors (Lipinski definition) is 0. The number of fused-ring (bicyclic) bond motifs is 1. The Kier molecular flexibility index (Phi) is 3.74. The second kappa shape index (κ2) is 5.38. The highest BCUT2D eigenvalue weighted by atomic mass is 16.2. The zero-order valence-electron chi connectivity index (χ0n) is 12.7. The Labute approximate surface area is 121 Å². The molecule has 2 amide bonds. The molecule has 0 aromatic rings. The molecule has 2 saturated heterocycles. The first kappa shape index (κ1) is 13.9. The highest BCUT2D eigenvalue weighted by Crippen LogP contribution is 2.34. The average Bonchev–Trinajstić information content (AvgIpc) is 2.46. The van der Waals surface area contributed by atoms with Crippen molar-refractivity contribution < 1.29 is 9.59 Å². The molecule has 112 valence electrons. The smallest absolute Gasteiger partial charge is 0.246 e. The summed E-state index contributed by atoms with van der Waals surface area (Å²) in [6, 6.07) is 0.140. The van der Waals surface area contributed by atoms with Crippen LogP contribution in [0.5, 0.6) is 0 Å². The van der Waals surface area contributed by atoms with Crippen molar-refractivity contribution in [1.29, 1.82) is 0 Å². The van der Waals surface area contributed by atoms with Crippen molar-refractivity contribution in [3.05, 3.63) is 0 Å². The number of hydrogen-bond acceptors (Lipinski definition) is 2. The number of nitrogens with zero attached hydrogens (tertiary/aromatic N) is 2. The molecule has 4 unspecified atom stereocenters. The summed E-state index contributed by atoms with van der Waals surface area (Å²) in [6.45, 7) is 5.68. The van der Waals surface area contributed by atoms with Gasteiger partial charge in [0.15, 0.2) is 0 Å². The van der Waals surface area contributed by atoms with Crippen molar-refractivity contribution in [1.82, 2.24) is 9.80 Å². The summed E-state index contributed by atoms with van der Waals surface area (Å²) >= 11 is 0. The van der Waals surface area contributed by atoms with E-state index < -0.39 is 0 Å². The van der Waals surface area contributed by atoms with E-state index in [1.54, 1.807) is 0 Å². The SMILES string of the molecule is CC1CCC(N2CC(=O)N3CCCCC3C2=O)CC1C. The van der Waals surface area contributed by atoms with Crippen molar-refractivity contribution in [2.45, 2.75) is 64.5 Å². The van der Waals surface area contributed by atoms with Crippen molar-refractivity contribution in [2.75, 3.05) is 13.1 Å². The second-order valence-corrected chi connectivity index (χ2v) is 6.99. The molecule has 3 aliphatic rings. The molecule has 4 heteroatoms. The van der Waals surface area contributed by atoms with Crippen molar-refractivity contribution in [3.8, 4) is 0 Å². The van der Waals surface area contributed by atoms with Crippen molar-refractivity contribution in [3.63, 3.8) is 0 Å². The molecule has 1 saturated carbocycles. The van der Waals surface area contributed by atoms with E-state index in [4.69, 9.17) is 0 Å². The Bertz CT molecular complexity index is 409. The van der Waals surface area contributed by atoms with Gasteiger partial charge in [-0.3, -0.25) is 9.59 Å². The van der Waals surface area contributed by atoms with Crippen LogP contribution in [0, 0.1) is 11.8 Å². The third kappa shape index (κ3) is 2.33. The van der Waals surface area contributed by atoms with Gasteiger partial charge in [0.05, 0.1) is 0 Å². The van der Waals surface area contributed by atoms with Crippen LogP contribution in [0.3, 0.4) is 0 Å². The average molecular weight is 278 g/mol. The summed E-state index contributed by atoms with van der Waals surface area (Å²) in [6.07, 6.45) is 6.29. The quantitative estimate of drug-likeness (QED) is 0.736. The van der Waals surface area contributed by atoms with Crippen LogP contribution in [0.1, 0.15) is 52.4 Å². The third-order valence-electron chi connectivity index (χ3n) is 5.71. The van der Waals surface area contributed by atoms with Crippen LogP contribution in [0.25, 0.3) is 0 Å². The van der Waals surface area contributed by atoms with E-state index in [9.17, 15) is 9.59 Å². The molecule has 0 aromatic carbocycles. The Hall–Kier alpha value is -1.06. The fraction of sp³-hybridized carbons (Fsp3) is 0.875. The summed E-state index contributed by atoms with van der Waals surface area (Å²) in [5, 5.41) is 0. The lowest BCUT2D eigenvalue weighted by Gasteiger charge is -2.47. The summed E-state index contributed by atoms with van der Waals surface area (Å²) < 4.78 is 0. The second-order valence-electron chi connectivity index (χ2n) is 6.99. The lowest BCUT2D eigenvalue weighted by molar-refractivity contribution is -0.161. The fourth-order valence-corrected chi connectivity index (χ4v) is 4.10. The minimum Gasteiger partial charge on any atom is -0.329 e. The summed E-state index contributed by atoms with van der Waals surface area (Å²) in [7, 11) is 0. The minimum atomic E-state index is -0.153. The molecular formula is C16H26N2O2. The van der Waals surface area contributed by atoms with Crippen molar-refractivity contribution >= 4 is 11.8 Å². The molecule has 3 fully saturated rings. The highest BCUT2D eigenvalue weighted by Gasteiger charge is 2.43. The van der Waals surface area contributed by atoms with Gasteiger partial charge in [0.1, 0.15) is 12.6 Å². The fourth-order valence-electron chi connectivity index (χ4n) is 4.10. The topological polar surface area (TPSA) is 40.6 Å². The minimum absolute atomic E-state index is 0.153. The number of amides is 2. The van der Waals surface area contributed by atoms with Crippen LogP contribution in [0.2, 0.25) is 0 Å². The van der Waals surface area contributed by atoms with Gasteiger partial charge in [0.25, 0.3) is 0 Å². The monoisotopic (exact) mass is 278 g/mol. The Morgan fingerprint density at radius 1 is 0.950 bits per heavy atom. The molecule has 1 aliphatic carbocycles. The Morgan fingerprint density at radius 2 is 1.75 bits per heavy atom. The van der Waals surface area contributed by atoms with Gasteiger partial charge in [-0.25, -0.2) is 0 Å². The summed E-state index contributed by atoms with van der Waals surface area (Å²) in [5.74, 6) is 1.78. The normalized spacial score (nSPS) is 38.9. The first-order valence-corrected chi connectivity index (χ1v) is 8.18. The van der Waals surface area contributed by atoms with Gasteiger partial charge in [-0.1, -0.05) is 13.8 Å². The number of carbonyl (C=O) groups excluding carboxylic acids is 2. The summed E-state index contributed by atoms with van der Waals surface area (Å²) in [4.78, 5) is 28.8. The number of carbonyl (C=O) groups is 2. The third-order valence-corrected chi connectivity index (χ3v) is 5.71. The maximum absolute atomic E-state index is 12.7. The number of piperidine rings is 1. The van der Waals surface area contributed by atoms with Gasteiger partial charge in [0.2, 0.25) is 11.8 Å². The largest absolute Gasteiger partial charge is 0.329 e. The predicted molar refractivity (Wildman–Crippen MR) is 77.0 cm³/mol. The van der Waals surface area contributed by atoms with Gasteiger partial charge in [0, 0.05) is 12.6 Å². The van der Waals surface area contributed by atoms with Crippen LogP contribution in [0.15, 0.2) is 0 Å². The maximum Gasteiger partial charge on any atom is 0.246 e. The van der Waals surface area contributed by atoms with Crippen LogP contribution < -0.4 is 0 Å². The van der Waals surface area contributed by atoms with E-state index in [1.807, 2.05) is 9.80 Å². The molecule has 0 bridgehead atoms. The van der Waals surface area contributed by atoms with Crippen LogP contribution in [-0.4, -0.2) is 46.8 Å². The number of piperazine rings is 1. The number of rotatable bonds is 1. The van der Waals surface area contributed by atoms with E-state index in [2.05, 4.69) is 13.8 Å². The molecule has 2 aliphatic heterocycles. The molecule has 2 heterocycles. The van der Waals surface area contributed by atoms with Gasteiger partial charge >= 0.3 is 0 Å². The van der Waals surface area contributed by atoms with Crippen LogP contribution >= 0.6 is 0 Å². The van der Waals surface area contributed by atoms with Gasteiger partial charge in [-0.15, -0.1) is 0 Å². The van der Waals surface area contributed by atoms with Gasteiger partial charge in [-0.05, 0) is 50.4 Å². The van der Waals surface area contributed by atoms with E-state index >= 15 is 0 Å². The predicted octanol–water partition coefficient (Wildman–Crippen LogP) is 2.03.